The van der Waals surface area contributed by atoms with E-state index >= 15 is 0 Å². The van der Waals surface area contributed by atoms with Crippen LogP contribution in [0.3, 0.4) is 0 Å². The van der Waals surface area contributed by atoms with Crippen LogP contribution in [0.15, 0.2) is 29.2 Å². The molecule has 0 radical (unpaired) electrons. The van der Waals surface area contributed by atoms with Crippen molar-refractivity contribution in [1.82, 2.24) is 4.90 Å². The second-order valence-corrected chi connectivity index (χ2v) is 4.92. The normalized spacial score (nSPS) is 11.9. The number of ether oxygens (including phenoxy) is 1. The summed E-state index contributed by atoms with van der Waals surface area (Å²) < 4.78 is 16.5. The lowest BCUT2D eigenvalue weighted by Gasteiger charge is -2.13. The third-order valence-electron chi connectivity index (χ3n) is 1.73. The Bertz CT molecular complexity index is 374. The summed E-state index contributed by atoms with van der Waals surface area (Å²) in [6.07, 6.45) is 1.64. The fourth-order valence-electron chi connectivity index (χ4n) is 0.891. The number of hydrogen-bond donors (Lipinski definition) is 0. The van der Waals surface area contributed by atoms with Gasteiger partial charge in [-0.3, -0.25) is 4.21 Å². The van der Waals surface area contributed by atoms with Gasteiger partial charge in [-0.2, -0.15) is 0 Å². The van der Waals surface area contributed by atoms with Gasteiger partial charge in [0.1, 0.15) is 5.75 Å². The summed E-state index contributed by atoms with van der Waals surface area (Å²) in [5.41, 5.74) is 0. The molecule has 0 aromatic heterocycles. The number of benzene rings is 1. The molecule has 0 aliphatic carbocycles. The summed E-state index contributed by atoms with van der Waals surface area (Å²) in [4.78, 5) is 2.49. The quantitative estimate of drug-likeness (QED) is 0.739. The van der Waals surface area contributed by atoms with Crippen LogP contribution in [0.25, 0.3) is 0 Å². The van der Waals surface area contributed by atoms with Crippen molar-refractivity contribution in [2.45, 2.75) is 4.90 Å². The first-order valence-corrected chi connectivity index (χ1v) is 6.30. The van der Waals surface area contributed by atoms with Gasteiger partial charge in [0.05, 0.1) is 0 Å². The molecule has 0 saturated carbocycles. The van der Waals surface area contributed by atoms with Crippen molar-refractivity contribution in [2.75, 3.05) is 20.4 Å². The molecular formula is C10H13NO2S2. The van der Waals surface area contributed by atoms with E-state index in [1.54, 1.807) is 35.4 Å². The Kier molecular flexibility index (Phi) is 4.23. The van der Waals surface area contributed by atoms with E-state index in [0.717, 1.165) is 4.90 Å². The molecule has 0 amide bonds. The van der Waals surface area contributed by atoms with Crippen LogP contribution in [0.1, 0.15) is 0 Å². The van der Waals surface area contributed by atoms with E-state index in [4.69, 9.17) is 17.0 Å². The minimum Gasteiger partial charge on any atom is -0.432 e. The minimum atomic E-state index is -0.958. The molecule has 0 saturated heterocycles. The van der Waals surface area contributed by atoms with Crippen molar-refractivity contribution in [3.63, 3.8) is 0 Å². The molecular weight excluding hydrogens is 230 g/mol. The summed E-state index contributed by atoms with van der Waals surface area (Å²) in [6.45, 7) is 0. The maximum atomic E-state index is 11.1. The molecule has 0 aliphatic rings. The Labute approximate surface area is 97.5 Å². The van der Waals surface area contributed by atoms with Crippen molar-refractivity contribution in [3.05, 3.63) is 24.3 Å². The first kappa shape index (κ1) is 12.1. The predicted octanol–water partition coefficient (Wildman–Crippen LogP) is 1.65. The van der Waals surface area contributed by atoms with Crippen molar-refractivity contribution >= 4 is 28.2 Å². The lowest BCUT2D eigenvalue weighted by Crippen LogP contribution is -2.24. The van der Waals surface area contributed by atoms with Gasteiger partial charge < -0.3 is 9.64 Å². The standard InChI is InChI=1S/C10H13NO2S2/c1-11(2)10(14)13-8-4-6-9(7-5-8)15(3)12/h4-7H,1-3H3. The minimum absolute atomic E-state index is 0.403. The van der Waals surface area contributed by atoms with E-state index < -0.39 is 10.8 Å². The molecule has 0 bridgehead atoms. The van der Waals surface area contributed by atoms with Crippen LogP contribution in [0.4, 0.5) is 0 Å². The highest BCUT2D eigenvalue weighted by Crippen LogP contribution is 2.14. The lowest BCUT2D eigenvalue weighted by molar-refractivity contribution is 0.449. The van der Waals surface area contributed by atoms with Crippen molar-refractivity contribution in [1.29, 1.82) is 0 Å². The van der Waals surface area contributed by atoms with Crippen LogP contribution < -0.4 is 4.74 Å². The molecule has 1 atom stereocenters. The van der Waals surface area contributed by atoms with Gasteiger partial charge in [-0.1, -0.05) is 0 Å². The zero-order chi connectivity index (χ0) is 11.4. The smallest absolute Gasteiger partial charge is 0.264 e. The van der Waals surface area contributed by atoms with Crippen LogP contribution in [0.5, 0.6) is 5.75 Å². The number of hydrogen-bond acceptors (Lipinski definition) is 3. The van der Waals surface area contributed by atoms with Crippen molar-refractivity contribution < 1.29 is 8.95 Å². The molecule has 0 fully saturated rings. The van der Waals surface area contributed by atoms with Crippen molar-refractivity contribution in [2.24, 2.45) is 0 Å². The molecule has 0 aliphatic heterocycles. The fraction of sp³-hybridized carbons (Fsp3) is 0.300. The number of thiocarbonyl (C=S) groups is 1. The van der Waals surface area contributed by atoms with Crippen molar-refractivity contribution in [3.8, 4) is 5.75 Å². The molecule has 1 aromatic carbocycles. The topological polar surface area (TPSA) is 29.5 Å². The third kappa shape index (κ3) is 3.60. The Hall–Kier alpha value is -0.940. The van der Waals surface area contributed by atoms with Gasteiger partial charge in [0.15, 0.2) is 0 Å². The van der Waals surface area contributed by atoms with E-state index in [0.29, 0.717) is 10.9 Å². The number of nitrogens with zero attached hydrogens (tertiary/aromatic N) is 1. The van der Waals surface area contributed by atoms with Gasteiger partial charge in [-0.05, 0) is 36.5 Å². The Balaban J connectivity index is 2.73. The average molecular weight is 243 g/mol. The first-order valence-electron chi connectivity index (χ1n) is 4.33. The van der Waals surface area contributed by atoms with Crippen LogP contribution in [0, 0.1) is 0 Å². The second-order valence-electron chi connectivity index (χ2n) is 3.19. The van der Waals surface area contributed by atoms with Gasteiger partial charge in [-0.25, -0.2) is 0 Å². The highest BCUT2D eigenvalue weighted by atomic mass is 32.2. The largest absolute Gasteiger partial charge is 0.432 e. The first-order chi connectivity index (χ1) is 7.00. The maximum absolute atomic E-state index is 11.1. The summed E-state index contributed by atoms with van der Waals surface area (Å²) in [6, 6.07) is 7.05. The van der Waals surface area contributed by atoms with Gasteiger partial charge >= 0.3 is 0 Å². The maximum Gasteiger partial charge on any atom is 0.264 e. The molecule has 1 unspecified atom stereocenters. The molecule has 3 nitrogen and oxygen atoms in total. The predicted molar refractivity (Wildman–Crippen MR) is 65.7 cm³/mol. The molecule has 1 aromatic rings. The third-order valence-corrected chi connectivity index (χ3v) is 3.11. The SMILES string of the molecule is CN(C)C(=S)Oc1ccc(S(C)=O)cc1. The fourth-order valence-corrected chi connectivity index (χ4v) is 1.51. The summed E-state index contributed by atoms with van der Waals surface area (Å²) in [5, 5.41) is 0.403. The van der Waals surface area contributed by atoms with Gasteiger partial charge in [0, 0.05) is 36.0 Å². The molecule has 82 valence electrons. The Morgan fingerprint density at radius 1 is 1.33 bits per heavy atom. The molecule has 5 heteroatoms. The summed E-state index contributed by atoms with van der Waals surface area (Å²) >= 11 is 4.99. The zero-order valence-corrected chi connectivity index (χ0v) is 10.5. The van der Waals surface area contributed by atoms with E-state index in [1.165, 1.54) is 0 Å². The molecule has 15 heavy (non-hydrogen) atoms. The van der Waals surface area contributed by atoms with Gasteiger partial charge in [0.2, 0.25) is 0 Å². The van der Waals surface area contributed by atoms with E-state index in [-0.39, 0.29) is 0 Å². The average Bonchev–Trinajstić information content (AvgIpc) is 2.18. The lowest BCUT2D eigenvalue weighted by atomic mass is 10.3. The monoisotopic (exact) mass is 243 g/mol. The summed E-state index contributed by atoms with van der Waals surface area (Å²) in [7, 11) is 2.68. The molecule has 1 rings (SSSR count). The van der Waals surface area contributed by atoms with Gasteiger partial charge in [0.25, 0.3) is 5.17 Å². The van der Waals surface area contributed by atoms with Crippen LogP contribution in [-0.4, -0.2) is 34.6 Å². The molecule has 0 spiro atoms. The van der Waals surface area contributed by atoms with E-state index in [9.17, 15) is 4.21 Å². The van der Waals surface area contributed by atoms with Crippen LogP contribution in [-0.2, 0) is 10.8 Å². The van der Waals surface area contributed by atoms with Crippen LogP contribution >= 0.6 is 12.2 Å². The Morgan fingerprint density at radius 3 is 2.27 bits per heavy atom. The second kappa shape index (κ2) is 5.23. The van der Waals surface area contributed by atoms with Gasteiger partial charge in [-0.15, -0.1) is 0 Å². The van der Waals surface area contributed by atoms with E-state index in [1.807, 2.05) is 14.1 Å². The zero-order valence-electron chi connectivity index (χ0n) is 8.89. The Morgan fingerprint density at radius 2 is 1.87 bits per heavy atom. The molecule has 0 heterocycles. The number of rotatable bonds is 2. The summed E-state index contributed by atoms with van der Waals surface area (Å²) in [5.74, 6) is 0.655. The van der Waals surface area contributed by atoms with E-state index in [2.05, 4.69) is 0 Å². The highest BCUT2D eigenvalue weighted by Gasteiger charge is 2.03. The van der Waals surface area contributed by atoms with Crippen LogP contribution in [0.2, 0.25) is 0 Å². The molecule has 0 N–H and O–H groups in total. The highest BCUT2D eigenvalue weighted by molar-refractivity contribution is 7.84.